The summed E-state index contributed by atoms with van der Waals surface area (Å²) in [4.78, 5) is 7.88. The highest BCUT2D eigenvalue weighted by atomic mass is 35.5. The topological polar surface area (TPSA) is 48.9 Å². The van der Waals surface area contributed by atoms with Gasteiger partial charge in [-0.25, -0.2) is 0 Å². The van der Waals surface area contributed by atoms with Gasteiger partial charge >= 0.3 is 0 Å². The minimum atomic E-state index is 0.775. The van der Waals surface area contributed by atoms with Crippen molar-refractivity contribution in [2.45, 2.75) is 4.90 Å². The molecule has 1 heterocycles. The smallest absolute Gasteiger partial charge is 0.191 e. The zero-order chi connectivity index (χ0) is 16.3. The average molecular weight is 357 g/mol. The first kappa shape index (κ1) is 18.4. The van der Waals surface area contributed by atoms with Gasteiger partial charge in [0.05, 0.1) is 13.2 Å². The number of guanidine groups is 1. The first-order valence-corrected chi connectivity index (χ1v) is 9.27. The molecule has 0 aliphatic carbocycles. The molecule has 1 aliphatic heterocycles. The van der Waals surface area contributed by atoms with E-state index < -0.39 is 0 Å². The molecule has 0 atom stereocenters. The van der Waals surface area contributed by atoms with Gasteiger partial charge in [-0.05, 0) is 24.3 Å². The van der Waals surface area contributed by atoms with Crippen LogP contribution in [0.2, 0.25) is 5.02 Å². The van der Waals surface area contributed by atoms with Crippen LogP contribution >= 0.6 is 23.4 Å². The highest BCUT2D eigenvalue weighted by Crippen LogP contribution is 2.19. The van der Waals surface area contributed by atoms with Crippen molar-refractivity contribution >= 4 is 29.3 Å². The fourth-order valence-electron chi connectivity index (χ4n) is 2.25. The Balaban J connectivity index is 1.56. The molecule has 5 nitrogen and oxygen atoms in total. The number of hydrogen-bond donors (Lipinski definition) is 2. The third-order valence-corrected chi connectivity index (χ3v) is 4.79. The summed E-state index contributed by atoms with van der Waals surface area (Å²) in [6, 6.07) is 7.93. The Hall–Kier alpha value is -0.950. The highest BCUT2D eigenvalue weighted by Gasteiger charge is 2.09. The Labute approximate surface area is 147 Å². The lowest BCUT2D eigenvalue weighted by atomic mass is 10.4. The van der Waals surface area contributed by atoms with Crippen molar-refractivity contribution in [2.75, 3.05) is 58.7 Å². The van der Waals surface area contributed by atoms with Gasteiger partial charge in [0, 0.05) is 55.4 Å². The Morgan fingerprint density at radius 2 is 1.91 bits per heavy atom. The zero-order valence-corrected chi connectivity index (χ0v) is 15.1. The average Bonchev–Trinajstić information content (AvgIpc) is 2.59. The number of morpholine rings is 1. The van der Waals surface area contributed by atoms with Crippen LogP contribution in [0.5, 0.6) is 0 Å². The molecule has 0 saturated carbocycles. The monoisotopic (exact) mass is 356 g/mol. The summed E-state index contributed by atoms with van der Waals surface area (Å²) >= 11 is 7.68. The molecule has 2 rings (SSSR count). The van der Waals surface area contributed by atoms with Crippen LogP contribution < -0.4 is 10.6 Å². The quantitative estimate of drug-likeness (QED) is 0.338. The van der Waals surface area contributed by atoms with E-state index in [1.807, 2.05) is 24.3 Å². The largest absolute Gasteiger partial charge is 0.379 e. The van der Waals surface area contributed by atoms with Crippen LogP contribution in [0, 0.1) is 0 Å². The second kappa shape index (κ2) is 10.8. The minimum Gasteiger partial charge on any atom is -0.379 e. The Morgan fingerprint density at radius 1 is 1.22 bits per heavy atom. The van der Waals surface area contributed by atoms with Crippen molar-refractivity contribution in [3.8, 4) is 0 Å². The van der Waals surface area contributed by atoms with Crippen molar-refractivity contribution < 1.29 is 4.74 Å². The second-order valence-corrected chi connectivity index (χ2v) is 6.79. The van der Waals surface area contributed by atoms with Crippen LogP contribution in [0.1, 0.15) is 0 Å². The van der Waals surface area contributed by atoms with E-state index >= 15 is 0 Å². The van der Waals surface area contributed by atoms with E-state index in [4.69, 9.17) is 16.3 Å². The maximum absolute atomic E-state index is 5.88. The van der Waals surface area contributed by atoms with Gasteiger partial charge in [-0.3, -0.25) is 9.89 Å². The lowest BCUT2D eigenvalue weighted by Gasteiger charge is -2.26. The van der Waals surface area contributed by atoms with Crippen molar-refractivity contribution in [2.24, 2.45) is 4.99 Å². The number of benzene rings is 1. The fraction of sp³-hybridized carbons (Fsp3) is 0.562. The number of nitrogens with one attached hydrogen (secondary N) is 2. The number of halogens is 1. The van der Waals surface area contributed by atoms with Crippen LogP contribution in [0.4, 0.5) is 0 Å². The second-order valence-electron chi connectivity index (χ2n) is 5.18. The first-order valence-electron chi connectivity index (χ1n) is 7.91. The molecular formula is C16H25ClN4OS. The predicted molar refractivity (Wildman–Crippen MR) is 98.8 cm³/mol. The van der Waals surface area contributed by atoms with Crippen molar-refractivity contribution in [3.63, 3.8) is 0 Å². The Kier molecular flexibility index (Phi) is 8.60. The number of rotatable bonds is 7. The standard InChI is InChI=1S/C16H25ClN4OS/c1-18-16(19-6-8-21-9-11-22-12-10-21)20-7-13-23-15-4-2-14(17)3-5-15/h2-5H,6-13H2,1H3,(H2,18,19,20). The van der Waals surface area contributed by atoms with Gasteiger partial charge in [0.1, 0.15) is 0 Å². The van der Waals surface area contributed by atoms with Gasteiger partial charge in [0.15, 0.2) is 5.96 Å². The maximum Gasteiger partial charge on any atom is 0.191 e. The van der Waals surface area contributed by atoms with Gasteiger partial charge < -0.3 is 15.4 Å². The zero-order valence-electron chi connectivity index (χ0n) is 13.6. The summed E-state index contributed by atoms with van der Waals surface area (Å²) in [5.74, 6) is 1.83. The molecular weight excluding hydrogens is 332 g/mol. The Morgan fingerprint density at radius 3 is 2.61 bits per heavy atom. The SMILES string of the molecule is CN=C(NCCSc1ccc(Cl)cc1)NCCN1CCOCC1. The van der Waals surface area contributed by atoms with E-state index in [2.05, 4.69) is 20.5 Å². The van der Waals surface area contributed by atoms with E-state index in [0.29, 0.717) is 0 Å². The number of thioether (sulfide) groups is 1. The van der Waals surface area contributed by atoms with Gasteiger partial charge in [0.2, 0.25) is 0 Å². The third kappa shape index (κ3) is 7.44. The fourth-order valence-corrected chi connectivity index (χ4v) is 3.14. The first-order chi connectivity index (χ1) is 11.3. The molecule has 0 unspecified atom stereocenters. The maximum atomic E-state index is 5.88. The molecule has 0 amide bonds. The number of hydrogen-bond acceptors (Lipinski definition) is 4. The molecule has 2 N–H and O–H groups in total. The molecule has 1 aliphatic rings. The van der Waals surface area contributed by atoms with Gasteiger partial charge in [-0.2, -0.15) is 0 Å². The van der Waals surface area contributed by atoms with Crippen molar-refractivity contribution in [3.05, 3.63) is 29.3 Å². The molecule has 1 fully saturated rings. The van der Waals surface area contributed by atoms with Gasteiger partial charge in [0.25, 0.3) is 0 Å². The van der Waals surface area contributed by atoms with Crippen LogP contribution in [0.25, 0.3) is 0 Å². The molecule has 1 aromatic carbocycles. The van der Waals surface area contributed by atoms with Crippen LogP contribution in [0.15, 0.2) is 34.2 Å². The van der Waals surface area contributed by atoms with E-state index in [1.54, 1.807) is 18.8 Å². The Bertz CT molecular complexity index is 477. The highest BCUT2D eigenvalue weighted by molar-refractivity contribution is 7.99. The van der Waals surface area contributed by atoms with Crippen LogP contribution in [0.3, 0.4) is 0 Å². The molecule has 0 spiro atoms. The molecule has 0 radical (unpaired) electrons. The van der Waals surface area contributed by atoms with E-state index in [-0.39, 0.29) is 0 Å². The van der Waals surface area contributed by atoms with Gasteiger partial charge in [-0.15, -0.1) is 11.8 Å². The molecule has 1 aromatic rings. The normalized spacial score (nSPS) is 16.3. The van der Waals surface area contributed by atoms with Gasteiger partial charge in [-0.1, -0.05) is 11.6 Å². The summed E-state index contributed by atoms with van der Waals surface area (Å²) in [5, 5.41) is 7.47. The third-order valence-electron chi connectivity index (χ3n) is 3.52. The number of aliphatic imine (C=N–C) groups is 1. The summed E-state index contributed by atoms with van der Waals surface area (Å²) in [6.45, 7) is 6.50. The predicted octanol–water partition coefficient (Wildman–Crippen LogP) is 1.93. The minimum absolute atomic E-state index is 0.775. The van der Waals surface area contributed by atoms with E-state index in [1.165, 1.54) is 4.90 Å². The van der Waals surface area contributed by atoms with Crippen LogP contribution in [-0.4, -0.2) is 69.6 Å². The van der Waals surface area contributed by atoms with E-state index in [9.17, 15) is 0 Å². The van der Waals surface area contributed by atoms with Crippen molar-refractivity contribution in [1.29, 1.82) is 0 Å². The summed E-state index contributed by atoms with van der Waals surface area (Å²) in [6.07, 6.45) is 0. The van der Waals surface area contributed by atoms with Crippen LogP contribution in [-0.2, 0) is 4.74 Å². The number of nitrogens with zero attached hydrogens (tertiary/aromatic N) is 2. The summed E-state index contributed by atoms with van der Waals surface area (Å²) in [5.41, 5.74) is 0. The molecule has 128 valence electrons. The van der Waals surface area contributed by atoms with Crippen molar-refractivity contribution in [1.82, 2.24) is 15.5 Å². The summed E-state index contributed by atoms with van der Waals surface area (Å²) in [7, 11) is 1.80. The molecule has 0 aromatic heterocycles. The lowest BCUT2D eigenvalue weighted by molar-refractivity contribution is 0.0389. The summed E-state index contributed by atoms with van der Waals surface area (Å²) < 4.78 is 5.35. The molecule has 1 saturated heterocycles. The molecule has 7 heteroatoms. The molecule has 23 heavy (non-hydrogen) atoms. The lowest BCUT2D eigenvalue weighted by Crippen LogP contribution is -2.44. The van der Waals surface area contributed by atoms with E-state index in [0.717, 1.165) is 62.7 Å². The number of ether oxygens (including phenoxy) is 1. The molecule has 0 bridgehead atoms.